The van der Waals surface area contributed by atoms with E-state index in [1.165, 1.54) is 0 Å². The standard InChI is InChI=1S/C11H11Cl2N5O/c12-7-3-1-2-6(8(7)13)9-10(14)16-11(18-17-9)15-4-5-19/h1-3,19H,4-5H2,(H3,14,15,16,18). The maximum Gasteiger partial charge on any atom is 0.244 e. The smallest absolute Gasteiger partial charge is 0.244 e. The Morgan fingerprint density at radius 1 is 1.26 bits per heavy atom. The van der Waals surface area contributed by atoms with E-state index < -0.39 is 0 Å². The van der Waals surface area contributed by atoms with Crippen LogP contribution in [0.2, 0.25) is 10.0 Å². The first-order valence-electron chi connectivity index (χ1n) is 5.42. The molecule has 0 aliphatic heterocycles. The van der Waals surface area contributed by atoms with Gasteiger partial charge >= 0.3 is 0 Å². The molecule has 0 fully saturated rings. The van der Waals surface area contributed by atoms with E-state index in [4.69, 9.17) is 34.0 Å². The Balaban J connectivity index is 2.38. The van der Waals surface area contributed by atoms with Gasteiger partial charge in [-0.3, -0.25) is 0 Å². The van der Waals surface area contributed by atoms with Gasteiger partial charge in [-0.05, 0) is 6.07 Å². The summed E-state index contributed by atoms with van der Waals surface area (Å²) in [7, 11) is 0. The van der Waals surface area contributed by atoms with E-state index in [1.54, 1.807) is 18.2 Å². The molecule has 4 N–H and O–H groups in total. The van der Waals surface area contributed by atoms with Crippen LogP contribution in [0.4, 0.5) is 11.8 Å². The first-order chi connectivity index (χ1) is 9.13. The van der Waals surface area contributed by atoms with E-state index in [1.807, 2.05) is 0 Å². The number of halogens is 2. The summed E-state index contributed by atoms with van der Waals surface area (Å²) in [5.41, 5.74) is 6.76. The molecular weight excluding hydrogens is 289 g/mol. The minimum Gasteiger partial charge on any atom is -0.395 e. The van der Waals surface area contributed by atoms with Crippen LogP contribution >= 0.6 is 23.2 Å². The lowest BCUT2D eigenvalue weighted by Gasteiger charge is -2.08. The molecule has 6 nitrogen and oxygen atoms in total. The van der Waals surface area contributed by atoms with E-state index >= 15 is 0 Å². The second kappa shape index (κ2) is 6.01. The Hall–Kier alpha value is -1.63. The predicted molar refractivity (Wildman–Crippen MR) is 75.3 cm³/mol. The number of nitrogen functional groups attached to an aromatic ring is 1. The van der Waals surface area contributed by atoms with Gasteiger partial charge in [-0.1, -0.05) is 35.3 Å². The highest BCUT2D eigenvalue weighted by Gasteiger charge is 2.13. The summed E-state index contributed by atoms with van der Waals surface area (Å²) in [6, 6.07) is 5.14. The summed E-state index contributed by atoms with van der Waals surface area (Å²) >= 11 is 12.0. The van der Waals surface area contributed by atoms with Gasteiger partial charge in [0.1, 0.15) is 5.69 Å². The van der Waals surface area contributed by atoms with Crippen LogP contribution in [0, 0.1) is 0 Å². The van der Waals surface area contributed by atoms with Crippen molar-refractivity contribution in [3.8, 4) is 11.3 Å². The van der Waals surface area contributed by atoms with Crippen molar-refractivity contribution in [3.05, 3.63) is 28.2 Å². The molecule has 0 saturated carbocycles. The van der Waals surface area contributed by atoms with Gasteiger partial charge in [0, 0.05) is 12.1 Å². The molecule has 1 aromatic carbocycles. The fourth-order valence-corrected chi connectivity index (χ4v) is 1.85. The number of hydrogen-bond acceptors (Lipinski definition) is 6. The molecule has 1 heterocycles. The number of rotatable bonds is 4. The Morgan fingerprint density at radius 3 is 2.74 bits per heavy atom. The summed E-state index contributed by atoms with van der Waals surface area (Å²) in [4.78, 5) is 4.04. The van der Waals surface area contributed by atoms with Crippen LogP contribution in [-0.4, -0.2) is 33.4 Å². The van der Waals surface area contributed by atoms with Gasteiger partial charge in [-0.15, -0.1) is 10.2 Å². The van der Waals surface area contributed by atoms with Gasteiger partial charge in [0.25, 0.3) is 0 Å². The molecule has 0 spiro atoms. The van der Waals surface area contributed by atoms with Crippen molar-refractivity contribution in [2.24, 2.45) is 0 Å². The van der Waals surface area contributed by atoms with Gasteiger partial charge < -0.3 is 16.2 Å². The van der Waals surface area contributed by atoms with Crippen LogP contribution in [0.15, 0.2) is 18.2 Å². The topological polar surface area (TPSA) is 97.0 Å². The fourth-order valence-electron chi connectivity index (χ4n) is 1.46. The zero-order valence-electron chi connectivity index (χ0n) is 9.77. The van der Waals surface area contributed by atoms with E-state index in [0.29, 0.717) is 27.8 Å². The summed E-state index contributed by atoms with van der Waals surface area (Å²) in [6.45, 7) is 0.281. The first-order valence-corrected chi connectivity index (χ1v) is 6.18. The number of aliphatic hydroxyl groups excluding tert-OH is 1. The van der Waals surface area contributed by atoms with Crippen molar-refractivity contribution >= 4 is 35.0 Å². The summed E-state index contributed by atoms with van der Waals surface area (Å²) in [5.74, 6) is 0.424. The molecule has 0 unspecified atom stereocenters. The van der Waals surface area contributed by atoms with Crippen molar-refractivity contribution in [3.63, 3.8) is 0 Å². The minimum atomic E-state index is -0.0366. The number of aromatic nitrogens is 3. The number of anilines is 2. The number of nitrogens with two attached hydrogens (primary N) is 1. The third-order valence-corrected chi connectivity index (χ3v) is 3.13. The molecule has 0 aliphatic carbocycles. The maximum atomic E-state index is 8.69. The van der Waals surface area contributed by atoms with Gasteiger partial charge in [0.15, 0.2) is 5.82 Å². The molecule has 0 radical (unpaired) electrons. The van der Waals surface area contributed by atoms with Crippen molar-refractivity contribution in [1.29, 1.82) is 0 Å². The van der Waals surface area contributed by atoms with Crippen LogP contribution in [0.3, 0.4) is 0 Å². The van der Waals surface area contributed by atoms with Gasteiger partial charge in [-0.2, -0.15) is 4.98 Å². The predicted octanol–water partition coefficient (Wildman–Crippen LogP) is 1.83. The maximum absolute atomic E-state index is 8.69. The van der Waals surface area contributed by atoms with Crippen LogP contribution < -0.4 is 11.1 Å². The molecular formula is C11H11Cl2N5O. The lowest BCUT2D eigenvalue weighted by atomic mass is 10.1. The lowest BCUT2D eigenvalue weighted by Crippen LogP contribution is -2.11. The highest BCUT2D eigenvalue weighted by Crippen LogP contribution is 2.34. The fraction of sp³-hybridized carbons (Fsp3) is 0.182. The molecule has 100 valence electrons. The van der Waals surface area contributed by atoms with Crippen LogP contribution in [0.5, 0.6) is 0 Å². The molecule has 2 aromatic rings. The molecule has 0 aliphatic rings. The van der Waals surface area contributed by atoms with Crippen molar-refractivity contribution in [2.75, 3.05) is 24.2 Å². The van der Waals surface area contributed by atoms with Gasteiger partial charge in [0.05, 0.1) is 16.7 Å². The number of benzene rings is 1. The molecule has 0 atom stereocenters. The molecule has 0 saturated heterocycles. The summed E-state index contributed by atoms with van der Waals surface area (Å²) < 4.78 is 0. The zero-order valence-corrected chi connectivity index (χ0v) is 11.3. The summed E-state index contributed by atoms with van der Waals surface area (Å²) in [5, 5.41) is 20.1. The van der Waals surface area contributed by atoms with Crippen molar-refractivity contribution in [1.82, 2.24) is 15.2 Å². The Bertz CT molecular complexity index is 593. The van der Waals surface area contributed by atoms with E-state index in [0.717, 1.165) is 0 Å². The Morgan fingerprint density at radius 2 is 2.05 bits per heavy atom. The molecule has 1 aromatic heterocycles. The monoisotopic (exact) mass is 299 g/mol. The quantitative estimate of drug-likeness (QED) is 0.797. The highest BCUT2D eigenvalue weighted by molar-refractivity contribution is 6.43. The van der Waals surface area contributed by atoms with E-state index in [-0.39, 0.29) is 18.4 Å². The number of nitrogens with one attached hydrogen (secondary N) is 1. The van der Waals surface area contributed by atoms with Gasteiger partial charge in [0.2, 0.25) is 5.95 Å². The Labute approximate surface area is 119 Å². The van der Waals surface area contributed by atoms with Crippen LogP contribution in [-0.2, 0) is 0 Å². The van der Waals surface area contributed by atoms with Crippen molar-refractivity contribution < 1.29 is 5.11 Å². The minimum absolute atomic E-state index is 0.0366. The number of hydrogen-bond donors (Lipinski definition) is 3. The average molecular weight is 300 g/mol. The zero-order chi connectivity index (χ0) is 13.8. The second-order valence-electron chi connectivity index (χ2n) is 3.62. The summed E-state index contributed by atoms with van der Waals surface area (Å²) in [6.07, 6.45) is 0. The van der Waals surface area contributed by atoms with Crippen molar-refractivity contribution in [2.45, 2.75) is 0 Å². The number of nitrogens with zero attached hydrogens (tertiary/aromatic N) is 3. The normalized spacial score (nSPS) is 10.5. The molecule has 8 heteroatoms. The molecule has 19 heavy (non-hydrogen) atoms. The highest BCUT2D eigenvalue weighted by atomic mass is 35.5. The van der Waals surface area contributed by atoms with E-state index in [2.05, 4.69) is 20.5 Å². The first kappa shape index (κ1) is 13.8. The molecule has 0 bridgehead atoms. The van der Waals surface area contributed by atoms with Crippen LogP contribution in [0.25, 0.3) is 11.3 Å². The third kappa shape index (κ3) is 3.04. The third-order valence-electron chi connectivity index (χ3n) is 2.32. The van der Waals surface area contributed by atoms with Crippen LogP contribution in [0.1, 0.15) is 0 Å². The Kier molecular flexibility index (Phi) is 4.36. The van der Waals surface area contributed by atoms with E-state index in [9.17, 15) is 0 Å². The largest absolute Gasteiger partial charge is 0.395 e. The average Bonchev–Trinajstić information content (AvgIpc) is 2.40. The molecule has 2 rings (SSSR count). The second-order valence-corrected chi connectivity index (χ2v) is 4.41. The van der Waals surface area contributed by atoms with Gasteiger partial charge in [-0.25, -0.2) is 0 Å². The SMILES string of the molecule is Nc1nc(NCCO)nnc1-c1cccc(Cl)c1Cl. The number of aliphatic hydroxyl groups is 1. The lowest BCUT2D eigenvalue weighted by molar-refractivity contribution is 0.310. The molecule has 0 amide bonds.